The Morgan fingerprint density at radius 1 is 1.07 bits per heavy atom. The van der Waals surface area contributed by atoms with Gasteiger partial charge in [0.2, 0.25) is 0 Å². The first-order chi connectivity index (χ1) is 6.75. The van der Waals surface area contributed by atoms with E-state index in [0.717, 1.165) is 5.19 Å². The smallest absolute Gasteiger partial charge is 0.402 e. The molecule has 3 nitrogen and oxygen atoms in total. The Morgan fingerprint density at radius 3 is 1.73 bits per heavy atom. The third-order valence-corrected chi connectivity index (χ3v) is 3.70. The lowest BCUT2D eigenvalue weighted by atomic mass is 10.3. The van der Waals surface area contributed by atoms with Gasteiger partial charge in [-0.2, -0.15) is 0 Å². The van der Waals surface area contributed by atoms with Gasteiger partial charge in [-0.1, -0.05) is 37.8 Å². The van der Waals surface area contributed by atoms with Crippen molar-refractivity contribution in [3.63, 3.8) is 0 Å². The Bertz CT molecular complexity index is 299. The maximum atomic E-state index is 13.1. The maximum absolute atomic E-state index is 13.1. The zero-order valence-corrected chi connectivity index (χ0v) is 10.1. The lowest BCUT2D eigenvalue weighted by Gasteiger charge is -2.16. The predicted octanol–water partition coefficient (Wildman–Crippen LogP) is 0.319. The lowest BCUT2D eigenvalue weighted by molar-refractivity contribution is 0.278. The first-order valence-electron chi connectivity index (χ1n) is 4.54. The van der Waals surface area contributed by atoms with E-state index < -0.39 is 15.4 Å². The Kier molecular flexibility index (Phi) is 5.74. The molecule has 0 fully saturated rings. The van der Waals surface area contributed by atoms with Gasteiger partial charge in [0.1, 0.15) is 5.82 Å². The van der Waals surface area contributed by atoms with Gasteiger partial charge in [0.05, 0.1) is 8.07 Å². The summed E-state index contributed by atoms with van der Waals surface area (Å²) in [5, 5.41) is 22.4. The van der Waals surface area contributed by atoms with Gasteiger partial charge in [0.15, 0.2) is 0 Å². The van der Waals surface area contributed by atoms with Crippen LogP contribution in [-0.2, 0) is 0 Å². The van der Waals surface area contributed by atoms with E-state index in [4.69, 9.17) is 15.1 Å². The molecule has 0 radical (unpaired) electrons. The minimum Gasteiger partial charge on any atom is -0.402 e. The summed E-state index contributed by atoms with van der Waals surface area (Å²) in [4.78, 5) is 0. The summed E-state index contributed by atoms with van der Waals surface area (Å²) < 4.78 is 13.1. The SMILES string of the molecule is C[Si](C)(C)c1ccccc1F.OB(O)O. The molecule has 0 aliphatic carbocycles. The van der Waals surface area contributed by atoms with E-state index in [0.29, 0.717) is 0 Å². The first kappa shape index (κ1) is 14.3. The van der Waals surface area contributed by atoms with Crippen molar-refractivity contribution in [2.24, 2.45) is 0 Å². The van der Waals surface area contributed by atoms with Crippen molar-refractivity contribution in [3.8, 4) is 0 Å². The van der Waals surface area contributed by atoms with Crippen molar-refractivity contribution in [3.05, 3.63) is 30.1 Å². The quantitative estimate of drug-likeness (QED) is 0.609. The molecular formula is C9H16BFO3Si. The monoisotopic (exact) mass is 230 g/mol. The molecule has 0 aromatic heterocycles. The second kappa shape index (κ2) is 6.02. The summed E-state index contributed by atoms with van der Waals surface area (Å²) in [5.74, 6) is -0.0494. The number of hydrogen-bond donors (Lipinski definition) is 3. The Hall–Kier alpha value is -0.688. The summed E-state index contributed by atoms with van der Waals surface area (Å²) in [6.45, 7) is 6.43. The average molecular weight is 230 g/mol. The topological polar surface area (TPSA) is 60.7 Å². The van der Waals surface area contributed by atoms with E-state index in [1.807, 2.05) is 12.1 Å². The fourth-order valence-electron chi connectivity index (χ4n) is 1.07. The summed E-state index contributed by atoms with van der Waals surface area (Å²) in [6.07, 6.45) is 0. The second-order valence-electron chi connectivity index (χ2n) is 4.08. The number of rotatable bonds is 1. The lowest BCUT2D eigenvalue weighted by Crippen LogP contribution is -2.39. The van der Waals surface area contributed by atoms with Gasteiger partial charge >= 0.3 is 7.32 Å². The van der Waals surface area contributed by atoms with Crippen LogP contribution < -0.4 is 5.19 Å². The fourth-order valence-corrected chi connectivity index (χ4v) is 2.47. The number of hydrogen-bond acceptors (Lipinski definition) is 3. The molecule has 84 valence electrons. The first-order valence-corrected chi connectivity index (χ1v) is 8.04. The van der Waals surface area contributed by atoms with Gasteiger partial charge in [-0.25, -0.2) is 4.39 Å². The van der Waals surface area contributed by atoms with E-state index in [1.54, 1.807) is 6.07 Å². The number of benzene rings is 1. The van der Waals surface area contributed by atoms with Crippen LogP contribution in [-0.4, -0.2) is 30.5 Å². The van der Waals surface area contributed by atoms with Gasteiger partial charge in [0.25, 0.3) is 0 Å². The molecule has 1 aromatic carbocycles. The Balaban J connectivity index is 0.000000423. The molecule has 1 aromatic rings. The van der Waals surface area contributed by atoms with Crippen molar-refractivity contribution in [2.45, 2.75) is 19.6 Å². The van der Waals surface area contributed by atoms with Crippen LogP contribution in [0.25, 0.3) is 0 Å². The average Bonchev–Trinajstić information content (AvgIpc) is 2.01. The highest BCUT2D eigenvalue weighted by molar-refractivity contribution is 6.88. The van der Waals surface area contributed by atoms with E-state index in [1.165, 1.54) is 6.07 Å². The van der Waals surface area contributed by atoms with Crippen molar-refractivity contribution >= 4 is 20.6 Å². The summed E-state index contributed by atoms with van der Waals surface area (Å²) in [7, 11) is -3.62. The molecule has 0 saturated carbocycles. The van der Waals surface area contributed by atoms with Crippen molar-refractivity contribution in [1.82, 2.24) is 0 Å². The molecule has 0 bridgehead atoms. The van der Waals surface area contributed by atoms with Crippen LogP contribution in [0.2, 0.25) is 19.6 Å². The maximum Gasteiger partial charge on any atom is 0.631 e. The molecule has 0 aliphatic rings. The van der Waals surface area contributed by atoms with E-state index >= 15 is 0 Å². The summed E-state index contributed by atoms with van der Waals surface area (Å²) in [6, 6.07) is 7.06. The molecule has 15 heavy (non-hydrogen) atoms. The van der Waals surface area contributed by atoms with Gasteiger partial charge < -0.3 is 15.1 Å². The molecule has 0 saturated heterocycles. The van der Waals surface area contributed by atoms with E-state index in [2.05, 4.69) is 19.6 Å². The normalized spacial score (nSPS) is 10.3. The largest absolute Gasteiger partial charge is 0.631 e. The van der Waals surface area contributed by atoms with Crippen LogP contribution in [0.5, 0.6) is 0 Å². The number of halogens is 1. The van der Waals surface area contributed by atoms with Crippen LogP contribution >= 0.6 is 0 Å². The molecular weight excluding hydrogens is 214 g/mol. The van der Waals surface area contributed by atoms with Gasteiger partial charge in [-0.3, -0.25) is 0 Å². The molecule has 6 heteroatoms. The standard InChI is InChI=1S/C9H13FSi.BH3O3/c1-11(2,3)9-7-5-4-6-8(9)10;2-1(3)4/h4-7H,1-3H3;2-4H. The Morgan fingerprint density at radius 2 is 1.47 bits per heavy atom. The second-order valence-corrected chi connectivity index (χ2v) is 9.11. The van der Waals surface area contributed by atoms with Gasteiger partial charge in [-0.05, 0) is 11.3 Å². The van der Waals surface area contributed by atoms with Crippen LogP contribution in [0.15, 0.2) is 24.3 Å². The van der Waals surface area contributed by atoms with Crippen LogP contribution in [0.3, 0.4) is 0 Å². The summed E-state index contributed by atoms with van der Waals surface area (Å²) >= 11 is 0. The third kappa shape index (κ3) is 6.40. The summed E-state index contributed by atoms with van der Waals surface area (Å²) in [5.41, 5.74) is 0. The minimum absolute atomic E-state index is 0.0494. The highest BCUT2D eigenvalue weighted by Gasteiger charge is 2.19. The molecule has 0 unspecified atom stereocenters. The van der Waals surface area contributed by atoms with Crippen LogP contribution in [0, 0.1) is 5.82 Å². The van der Waals surface area contributed by atoms with Gasteiger partial charge in [0, 0.05) is 0 Å². The molecule has 0 atom stereocenters. The molecule has 0 amide bonds. The van der Waals surface area contributed by atoms with Crippen molar-refractivity contribution < 1.29 is 19.5 Å². The van der Waals surface area contributed by atoms with E-state index in [9.17, 15) is 4.39 Å². The molecule has 0 heterocycles. The van der Waals surface area contributed by atoms with Gasteiger partial charge in [-0.15, -0.1) is 0 Å². The zero-order valence-electron chi connectivity index (χ0n) is 9.11. The van der Waals surface area contributed by atoms with Crippen LogP contribution in [0.1, 0.15) is 0 Å². The molecule has 1 rings (SSSR count). The molecule has 0 aliphatic heterocycles. The molecule has 0 spiro atoms. The van der Waals surface area contributed by atoms with E-state index in [-0.39, 0.29) is 5.82 Å². The highest BCUT2D eigenvalue weighted by atomic mass is 28.3. The molecule has 3 N–H and O–H groups in total. The van der Waals surface area contributed by atoms with Crippen molar-refractivity contribution in [2.75, 3.05) is 0 Å². The highest BCUT2D eigenvalue weighted by Crippen LogP contribution is 2.04. The Labute approximate surface area is 90.4 Å². The third-order valence-electron chi connectivity index (χ3n) is 1.68. The predicted molar refractivity (Wildman–Crippen MR) is 61.8 cm³/mol. The minimum atomic E-state index is -2.17. The zero-order chi connectivity index (χ0) is 12.1. The van der Waals surface area contributed by atoms with Crippen LogP contribution in [0.4, 0.5) is 4.39 Å². The fraction of sp³-hybridized carbons (Fsp3) is 0.333. The van der Waals surface area contributed by atoms with Crippen molar-refractivity contribution in [1.29, 1.82) is 0 Å².